The average molecular weight is 272 g/mol. The van der Waals surface area contributed by atoms with Gasteiger partial charge in [-0.25, -0.2) is 0 Å². The molecule has 3 rings (SSSR count). The van der Waals surface area contributed by atoms with Crippen molar-refractivity contribution in [1.82, 2.24) is 9.88 Å². The maximum Gasteiger partial charge on any atom is 0.0936 e. The first-order valence-electron chi connectivity index (χ1n) is 7.00. The number of piperazine rings is 1. The number of benzene rings is 1. The van der Waals surface area contributed by atoms with Crippen molar-refractivity contribution < 1.29 is 5.11 Å². The predicted molar refractivity (Wildman–Crippen MR) is 81.9 cm³/mol. The third kappa shape index (κ3) is 2.55. The van der Waals surface area contributed by atoms with Gasteiger partial charge in [0, 0.05) is 50.0 Å². The number of aliphatic hydroxyl groups excluding tert-OH is 1. The van der Waals surface area contributed by atoms with Gasteiger partial charge < -0.3 is 15.7 Å². The number of aromatic nitrogens is 1. The van der Waals surface area contributed by atoms with Gasteiger partial charge in [-0.3, -0.25) is 9.88 Å². The van der Waals surface area contributed by atoms with Gasteiger partial charge in [0.15, 0.2) is 0 Å². The molecule has 1 fully saturated rings. The Kier molecular flexibility index (Phi) is 3.71. The first-order valence-corrected chi connectivity index (χ1v) is 7.00. The Morgan fingerprint density at radius 2 is 2.00 bits per heavy atom. The SMILES string of the molecule is Nc1cc(N2CCN(CCO)CC2)c2ncccc2c1. The molecule has 3 N–H and O–H groups in total. The van der Waals surface area contributed by atoms with Crippen LogP contribution in [-0.2, 0) is 0 Å². The van der Waals surface area contributed by atoms with Crippen molar-refractivity contribution in [3.05, 3.63) is 30.5 Å². The molecule has 106 valence electrons. The van der Waals surface area contributed by atoms with E-state index in [1.165, 1.54) is 0 Å². The molecule has 2 aromatic rings. The highest BCUT2D eigenvalue weighted by atomic mass is 16.3. The second-order valence-corrected chi connectivity index (χ2v) is 5.17. The van der Waals surface area contributed by atoms with Crippen LogP contribution >= 0.6 is 0 Å². The summed E-state index contributed by atoms with van der Waals surface area (Å²) in [5, 5.41) is 10.1. The van der Waals surface area contributed by atoms with Gasteiger partial charge in [0.1, 0.15) is 0 Å². The minimum Gasteiger partial charge on any atom is -0.399 e. The van der Waals surface area contributed by atoms with Gasteiger partial charge in [0.25, 0.3) is 0 Å². The lowest BCUT2D eigenvalue weighted by Gasteiger charge is -2.36. The molecule has 0 unspecified atom stereocenters. The highest BCUT2D eigenvalue weighted by Crippen LogP contribution is 2.28. The van der Waals surface area contributed by atoms with E-state index in [0.717, 1.165) is 55.0 Å². The highest BCUT2D eigenvalue weighted by molar-refractivity contribution is 5.93. The maximum absolute atomic E-state index is 9.00. The molecule has 0 amide bonds. The number of nitrogens with two attached hydrogens (primary N) is 1. The molecule has 5 nitrogen and oxygen atoms in total. The number of hydrogen-bond donors (Lipinski definition) is 2. The molecule has 1 aromatic heterocycles. The first kappa shape index (κ1) is 13.1. The molecule has 5 heteroatoms. The summed E-state index contributed by atoms with van der Waals surface area (Å²) in [5.41, 5.74) is 8.91. The third-order valence-electron chi connectivity index (χ3n) is 3.84. The summed E-state index contributed by atoms with van der Waals surface area (Å²) in [6.07, 6.45) is 1.82. The van der Waals surface area contributed by atoms with E-state index in [1.54, 1.807) is 0 Å². The minimum absolute atomic E-state index is 0.225. The minimum atomic E-state index is 0.225. The molecular weight excluding hydrogens is 252 g/mol. The third-order valence-corrected chi connectivity index (χ3v) is 3.84. The van der Waals surface area contributed by atoms with Gasteiger partial charge >= 0.3 is 0 Å². The molecule has 1 aliphatic rings. The standard InChI is InChI=1S/C15H20N4O/c16-13-10-12-2-1-3-17-15(12)14(11-13)19-6-4-18(5-7-19)8-9-20/h1-3,10-11,20H,4-9,16H2. The summed E-state index contributed by atoms with van der Waals surface area (Å²) in [5.74, 6) is 0. The Labute approximate surface area is 118 Å². The smallest absolute Gasteiger partial charge is 0.0936 e. The Balaban J connectivity index is 1.87. The van der Waals surface area contributed by atoms with Crippen molar-refractivity contribution in [2.75, 3.05) is 50.0 Å². The van der Waals surface area contributed by atoms with Crippen molar-refractivity contribution in [1.29, 1.82) is 0 Å². The second kappa shape index (κ2) is 5.64. The topological polar surface area (TPSA) is 65.6 Å². The lowest BCUT2D eigenvalue weighted by atomic mass is 10.1. The fraction of sp³-hybridized carbons (Fsp3) is 0.400. The van der Waals surface area contributed by atoms with Crippen molar-refractivity contribution >= 4 is 22.3 Å². The van der Waals surface area contributed by atoms with E-state index in [4.69, 9.17) is 10.8 Å². The normalized spacial score (nSPS) is 16.8. The lowest BCUT2D eigenvalue weighted by molar-refractivity contribution is 0.189. The number of fused-ring (bicyclic) bond motifs is 1. The number of rotatable bonds is 3. The number of pyridine rings is 1. The molecule has 0 spiro atoms. The monoisotopic (exact) mass is 272 g/mol. The summed E-state index contributed by atoms with van der Waals surface area (Å²) < 4.78 is 0. The Hall–Kier alpha value is -1.85. The molecule has 20 heavy (non-hydrogen) atoms. The number of nitrogens with zero attached hydrogens (tertiary/aromatic N) is 3. The zero-order valence-electron chi connectivity index (χ0n) is 11.5. The summed E-state index contributed by atoms with van der Waals surface area (Å²) in [6, 6.07) is 7.96. The van der Waals surface area contributed by atoms with E-state index in [1.807, 2.05) is 30.5 Å². The Morgan fingerprint density at radius 1 is 1.20 bits per heavy atom. The number of anilines is 2. The quantitative estimate of drug-likeness (QED) is 0.814. The molecule has 0 aliphatic carbocycles. The van der Waals surface area contributed by atoms with E-state index in [9.17, 15) is 0 Å². The van der Waals surface area contributed by atoms with Crippen LogP contribution in [0.1, 0.15) is 0 Å². The van der Waals surface area contributed by atoms with Gasteiger partial charge in [0.05, 0.1) is 17.8 Å². The van der Waals surface area contributed by atoms with Gasteiger partial charge in [-0.05, 0) is 18.2 Å². The van der Waals surface area contributed by atoms with Crippen molar-refractivity contribution in [3.8, 4) is 0 Å². The van der Waals surface area contributed by atoms with E-state index in [2.05, 4.69) is 14.8 Å². The van der Waals surface area contributed by atoms with Crippen LogP contribution in [0.15, 0.2) is 30.5 Å². The van der Waals surface area contributed by atoms with Crippen molar-refractivity contribution in [2.24, 2.45) is 0 Å². The van der Waals surface area contributed by atoms with Crippen LogP contribution in [0.5, 0.6) is 0 Å². The van der Waals surface area contributed by atoms with E-state index in [0.29, 0.717) is 0 Å². The molecule has 0 bridgehead atoms. The molecule has 1 saturated heterocycles. The van der Waals surface area contributed by atoms with Crippen LogP contribution in [0.2, 0.25) is 0 Å². The van der Waals surface area contributed by atoms with Crippen LogP contribution in [0, 0.1) is 0 Å². The van der Waals surface area contributed by atoms with Crippen LogP contribution < -0.4 is 10.6 Å². The largest absolute Gasteiger partial charge is 0.399 e. The van der Waals surface area contributed by atoms with Crippen LogP contribution in [0.25, 0.3) is 10.9 Å². The van der Waals surface area contributed by atoms with Gasteiger partial charge in [-0.1, -0.05) is 6.07 Å². The van der Waals surface area contributed by atoms with E-state index in [-0.39, 0.29) is 6.61 Å². The number of nitrogen functional groups attached to an aromatic ring is 1. The molecule has 1 aliphatic heterocycles. The Morgan fingerprint density at radius 3 is 2.75 bits per heavy atom. The van der Waals surface area contributed by atoms with Crippen LogP contribution in [0.4, 0.5) is 11.4 Å². The van der Waals surface area contributed by atoms with Crippen LogP contribution in [-0.4, -0.2) is 54.3 Å². The molecule has 2 heterocycles. The van der Waals surface area contributed by atoms with Gasteiger partial charge in [-0.2, -0.15) is 0 Å². The number of aliphatic hydroxyl groups is 1. The number of hydrogen-bond acceptors (Lipinski definition) is 5. The molecule has 0 atom stereocenters. The highest BCUT2D eigenvalue weighted by Gasteiger charge is 2.19. The second-order valence-electron chi connectivity index (χ2n) is 5.17. The number of β-amino-alcohol motifs (C(OH)–C–C–N with tert-alkyl or cyclic N) is 1. The fourth-order valence-electron chi connectivity index (χ4n) is 2.79. The summed E-state index contributed by atoms with van der Waals surface area (Å²) >= 11 is 0. The first-order chi connectivity index (χ1) is 9.78. The van der Waals surface area contributed by atoms with Gasteiger partial charge in [0.2, 0.25) is 0 Å². The van der Waals surface area contributed by atoms with Gasteiger partial charge in [-0.15, -0.1) is 0 Å². The zero-order valence-corrected chi connectivity index (χ0v) is 11.5. The lowest BCUT2D eigenvalue weighted by Crippen LogP contribution is -2.47. The molecule has 0 saturated carbocycles. The van der Waals surface area contributed by atoms with Crippen molar-refractivity contribution in [2.45, 2.75) is 0 Å². The molecule has 0 radical (unpaired) electrons. The summed E-state index contributed by atoms with van der Waals surface area (Å²) in [7, 11) is 0. The molecular formula is C15H20N4O. The predicted octanol–water partition coefficient (Wildman–Crippen LogP) is 0.931. The summed E-state index contributed by atoms with van der Waals surface area (Å²) in [4.78, 5) is 9.11. The zero-order chi connectivity index (χ0) is 13.9. The summed E-state index contributed by atoms with van der Waals surface area (Å²) in [6.45, 7) is 4.78. The van der Waals surface area contributed by atoms with E-state index >= 15 is 0 Å². The van der Waals surface area contributed by atoms with E-state index < -0.39 is 0 Å². The van der Waals surface area contributed by atoms with Crippen molar-refractivity contribution in [3.63, 3.8) is 0 Å². The van der Waals surface area contributed by atoms with Crippen LogP contribution in [0.3, 0.4) is 0 Å². The molecule has 1 aromatic carbocycles. The maximum atomic E-state index is 9.00. The fourth-order valence-corrected chi connectivity index (χ4v) is 2.79. The Bertz CT molecular complexity index is 593. The average Bonchev–Trinajstić information content (AvgIpc) is 2.47.